The number of hydrogen-bond acceptors (Lipinski definition) is 4. The van der Waals surface area contributed by atoms with E-state index in [-0.39, 0.29) is 6.10 Å². The fourth-order valence-corrected chi connectivity index (χ4v) is 2.29. The van der Waals surface area contributed by atoms with E-state index in [1.54, 1.807) is 13.0 Å². The standard InChI is InChI=1S/C10H15NO3S/c1-7(12)5-11(2)6-8-3-4-9(15-8)10(13)14/h3-4,7,12H,5-6H2,1-2H3,(H,13,14). The van der Waals surface area contributed by atoms with Crippen molar-refractivity contribution in [3.8, 4) is 0 Å². The van der Waals surface area contributed by atoms with Gasteiger partial charge in [-0.25, -0.2) is 4.79 Å². The van der Waals surface area contributed by atoms with Crippen LogP contribution in [-0.2, 0) is 6.54 Å². The number of thiophene rings is 1. The number of rotatable bonds is 5. The fourth-order valence-electron chi connectivity index (χ4n) is 1.36. The highest BCUT2D eigenvalue weighted by Gasteiger charge is 2.09. The van der Waals surface area contributed by atoms with Crippen molar-refractivity contribution in [3.05, 3.63) is 21.9 Å². The molecule has 0 saturated carbocycles. The van der Waals surface area contributed by atoms with Crippen molar-refractivity contribution in [3.63, 3.8) is 0 Å². The summed E-state index contributed by atoms with van der Waals surface area (Å²) in [5.41, 5.74) is 0. The van der Waals surface area contributed by atoms with Gasteiger partial charge in [-0.3, -0.25) is 4.90 Å². The Morgan fingerprint density at radius 3 is 2.73 bits per heavy atom. The summed E-state index contributed by atoms with van der Waals surface area (Å²) in [5.74, 6) is -0.885. The molecule has 0 spiro atoms. The smallest absolute Gasteiger partial charge is 0.345 e. The lowest BCUT2D eigenvalue weighted by molar-refractivity contribution is 0.0702. The molecule has 0 aliphatic carbocycles. The van der Waals surface area contributed by atoms with Crippen LogP contribution in [-0.4, -0.2) is 40.8 Å². The van der Waals surface area contributed by atoms with Gasteiger partial charge in [0, 0.05) is 18.0 Å². The van der Waals surface area contributed by atoms with Crippen LogP contribution in [0.5, 0.6) is 0 Å². The fraction of sp³-hybridized carbons (Fsp3) is 0.500. The molecule has 0 radical (unpaired) electrons. The molecule has 0 saturated heterocycles. The van der Waals surface area contributed by atoms with Gasteiger partial charge in [-0.05, 0) is 26.1 Å². The molecule has 5 heteroatoms. The molecule has 84 valence electrons. The number of aromatic carboxylic acids is 1. The molecule has 1 aromatic heterocycles. The molecular weight excluding hydrogens is 214 g/mol. The highest BCUT2D eigenvalue weighted by Crippen LogP contribution is 2.17. The molecule has 0 aliphatic rings. The maximum absolute atomic E-state index is 10.6. The number of hydrogen-bond donors (Lipinski definition) is 2. The summed E-state index contributed by atoms with van der Waals surface area (Å²) in [4.78, 5) is 13.9. The second kappa shape index (κ2) is 5.25. The van der Waals surface area contributed by atoms with Crippen LogP contribution in [0.3, 0.4) is 0 Å². The van der Waals surface area contributed by atoms with Crippen LogP contribution < -0.4 is 0 Å². The van der Waals surface area contributed by atoms with Gasteiger partial charge < -0.3 is 10.2 Å². The first-order valence-corrected chi connectivity index (χ1v) is 5.49. The Balaban J connectivity index is 2.53. The number of nitrogens with zero attached hydrogens (tertiary/aromatic N) is 1. The van der Waals surface area contributed by atoms with Gasteiger partial charge >= 0.3 is 5.97 Å². The van der Waals surface area contributed by atoms with E-state index in [4.69, 9.17) is 10.2 Å². The van der Waals surface area contributed by atoms with E-state index in [2.05, 4.69) is 0 Å². The van der Waals surface area contributed by atoms with Gasteiger partial charge in [0.15, 0.2) is 0 Å². The Kier molecular flexibility index (Phi) is 4.26. The lowest BCUT2D eigenvalue weighted by Gasteiger charge is -2.16. The lowest BCUT2D eigenvalue weighted by atomic mass is 10.3. The maximum atomic E-state index is 10.6. The molecule has 0 aliphatic heterocycles. The molecule has 0 fully saturated rings. The Labute approximate surface area is 92.8 Å². The SMILES string of the molecule is CC(O)CN(C)Cc1ccc(C(=O)O)s1. The molecule has 1 aromatic rings. The van der Waals surface area contributed by atoms with Crippen molar-refractivity contribution in [2.45, 2.75) is 19.6 Å². The van der Waals surface area contributed by atoms with Gasteiger partial charge in [-0.2, -0.15) is 0 Å². The van der Waals surface area contributed by atoms with Gasteiger partial charge in [-0.15, -0.1) is 11.3 Å². The van der Waals surface area contributed by atoms with Gasteiger partial charge in [0.1, 0.15) is 4.88 Å². The van der Waals surface area contributed by atoms with Gasteiger partial charge in [-0.1, -0.05) is 0 Å². The van der Waals surface area contributed by atoms with Crippen molar-refractivity contribution in [1.29, 1.82) is 0 Å². The number of aliphatic hydroxyl groups excluding tert-OH is 1. The van der Waals surface area contributed by atoms with Crippen LogP contribution in [0.2, 0.25) is 0 Å². The lowest BCUT2D eigenvalue weighted by Crippen LogP contribution is -2.26. The minimum atomic E-state index is -0.885. The predicted octanol–water partition coefficient (Wildman–Crippen LogP) is 1.26. The molecule has 2 N–H and O–H groups in total. The minimum Gasteiger partial charge on any atom is -0.477 e. The molecule has 1 unspecified atom stereocenters. The van der Waals surface area contributed by atoms with Crippen LogP contribution in [0.15, 0.2) is 12.1 Å². The third-order valence-electron chi connectivity index (χ3n) is 1.87. The third kappa shape index (κ3) is 3.99. The van der Waals surface area contributed by atoms with Gasteiger partial charge in [0.25, 0.3) is 0 Å². The third-order valence-corrected chi connectivity index (χ3v) is 2.93. The van der Waals surface area contributed by atoms with Crippen LogP contribution in [0.25, 0.3) is 0 Å². The summed E-state index contributed by atoms with van der Waals surface area (Å²) in [6.45, 7) is 2.98. The monoisotopic (exact) mass is 229 g/mol. The van der Waals surface area contributed by atoms with E-state index in [0.29, 0.717) is 18.0 Å². The average Bonchev–Trinajstić information content (AvgIpc) is 2.50. The molecule has 0 bridgehead atoms. The highest BCUT2D eigenvalue weighted by atomic mass is 32.1. The number of aliphatic hydroxyl groups is 1. The van der Waals surface area contributed by atoms with Crippen LogP contribution in [0.1, 0.15) is 21.5 Å². The normalized spacial score (nSPS) is 13.1. The van der Waals surface area contributed by atoms with Crippen LogP contribution in [0, 0.1) is 0 Å². The van der Waals surface area contributed by atoms with Gasteiger partial charge in [0.05, 0.1) is 6.10 Å². The van der Waals surface area contributed by atoms with E-state index in [1.807, 2.05) is 18.0 Å². The second-order valence-electron chi connectivity index (χ2n) is 3.62. The van der Waals surface area contributed by atoms with Crippen molar-refractivity contribution in [2.75, 3.05) is 13.6 Å². The molecule has 4 nitrogen and oxygen atoms in total. The summed E-state index contributed by atoms with van der Waals surface area (Å²) in [5, 5.41) is 17.9. The molecular formula is C10H15NO3S. The Morgan fingerprint density at radius 2 is 2.27 bits per heavy atom. The Bertz CT molecular complexity index is 335. The largest absolute Gasteiger partial charge is 0.477 e. The first-order valence-electron chi connectivity index (χ1n) is 4.67. The van der Waals surface area contributed by atoms with Crippen molar-refractivity contribution in [1.82, 2.24) is 4.90 Å². The van der Waals surface area contributed by atoms with E-state index < -0.39 is 5.97 Å². The second-order valence-corrected chi connectivity index (χ2v) is 4.79. The molecule has 1 rings (SSSR count). The zero-order valence-corrected chi connectivity index (χ0v) is 9.62. The highest BCUT2D eigenvalue weighted by molar-refractivity contribution is 7.13. The van der Waals surface area contributed by atoms with Crippen LogP contribution in [0.4, 0.5) is 0 Å². The Hall–Kier alpha value is -0.910. The molecule has 0 amide bonds. The quantitative estimate of drug-likeness (QED) is 0.798. The molecule has 15 heavy (non-hydrogen) atoms. The van der Waals surface area contributed by atoms with E-state index in [0.717, 1.165) is 4.88 Å². The predicted molar refractivity (Wildman–Crippen MR) is 59.3 cm³/mol. The van der Waals surface area contributed by atoms with E-state index in [1.165, 1.54) is 11.3 Å². The summed E-state index contributed by atoms with van der Waals surface area (Å²) in [6.07, 6.45) is -0.367. The summed E-state index contributed by atoms with van der Waals surface area (Å²) in [6, 6.07) is 3.42. The number of carbonyl (C=O) groups is 1. The van der Waals surface area contributed by atoms with Gasteiger partial charge in [0.2, 0.25) is 0 Å². The zero-order chi connectivity index (χ0) is 11.4. The summed E-state index contributed by atoms with van der Waals surface area (Å²) in [7, 11) is 1.90. The van der Waals surface area contributed by atoms with Crippen molar-refractivity contribution >= 4 is 17.3 Å². The topological polar surface area (TPSA) is 60.8 Å². The zero-order valence-electron chi connectivity index (χ0n) is 8.80. The first-order chi connectivity index (χ1) is 6.99. The number of carboxylic acids is 1. The van der Waals surface area contributed by atoms with E-state index in [9.17, 15) is 4.79 Å². The number of carboxylic acid groups (broad SMARTS) is 1. The first kappa shape index (κ1) is 12.2. The maximum Gasteiger partial charge on any atom is 0.345 e. The average molecular weight is 229 g/mol. The minimum absolute atomic E-state index is 0.357. The van der Waals surface area contributed by atoms with Crippen molar-refractivity contribution in [2.24, 2.45) is 0 Å². The molecule has 1 atom stereocenters. The van der Waals surface area contributed by atoms with E-state index >= 15 is 0 Å². The molecule has 0 aromatic carbocycles. The van der Waals surface area contributed by atoms with Crippen LogP contribution >= 0.6 is 11.3 Å². The number of likely N-dealkylation sites (N-methyl/N-ethyl adjacent to an activating group) is 1. The summed E-state index contributed by atoms with van der Waals surface area (Å²) >= 11 is 1.27. The molecule has 1 heterocycles. The van der Waals surface area contributed by atoms with Crippen molar-refractivity contribution < 1.29 is 15.0 Å². The Morgan fingerprint density at radius 1 is 1.60 bits per heavy atom. The summed E-state index contributed by atoms with van der Waals surface area (Å²) < 4.78 is 0.